The van der Waals surface area contributed by atoms with Crippen LogP contribution in [0.3, 0.4) is 0 Å². The second-order valence-corrected chi connectivity index (χ2v) is 8.60. The first kappa shape index (κ1) is 22.2. The Morgan fingerprint density at radius 3 is 2.69 bits per heavy atom. The predicted octanol–water partition coefficient (Wildman–Crippen LogP) is 2.75. The van der Waals surface area contributed by atoms with Crippen LogP contribution in [-0.2, 0) is 9.53 Å². The third-order valence-corrected chi connectivity index (χ3v) is 6.59. The van der Waals surface area contributed by atoms with Gasteiger partial charge < -0.3 is 25.0 Å². The molecule has 0 bridgehead atoms. The summed E-state index contributed by atoms with van der Waals surface area (Å²) in [6, 6.07) is 11.1. The quantitative estimate of drug-likeness (QED) is 0.624. The van der Waals surface area contributed by atoms with E-state index in [2.05, 4.69) is 26.5 Å². The molecule has 8 nitrogen and oxygen atoms in total. The first-order valence-corrected chi connectivity index (χ1v) is 11.6. The third-order valence-electron chi connectivity index (χ3n) is 5.65. The molecule has 0 spiro atoms. The number of nitrogens with one attached hydrogen (secondary N) is 2. The SMILES string of the molecule is CCOC(=O)C1=C(CN2CCN(c3cccc(OC)c3)CC2)NC(=O)N[C@H]1c1cccs1. The number of amides is 2. The normalized spacial score (nSPS) is 19.4. The first-order chi connectivity index (χ1) is 15.6. The summed E-state index contributed by atoms with van der Waals surface area (Å²) >= 11 is 1.50. The average molecular weight is 457 g/mol. The summed E-state index contributed by atoms with van der Waals surface area (Å²) in [4.78, 5) is 30.7. The average Bonchev–Trinajstić information content (AvgIpc) is 3.34. The minimum Gasteiger partial charge on any atom is -0.497 e. The van der Waals surface area contributed by atoms with Crippen molar-refractivity contribution >= 4 is 29.0 Å². The molecule has 2 N–H and O–H groups in total. The maximum atomic E-state index is 12.9. The van der Waals surface area contributed by atoms with Gasteiger partial charge in [0.25, 0.3) is 0 Å². The van der Waals surface area contributed by atoms with Gasteiger partial charge in [0.1, 0.15) is 5.75 Å². The van der Waals surface area contributed by atoms with Gasteiger partial charge in [0.15, 0.2) is 0 Å². The molecule has 2 aliphatic heterocycles. The molecule has 1 atom stereocenters. The molecule has 1 aromatic carbocycles. The van der Waals surface area contributed by atoms with E-state index in [9.17, 15) is 9.59 Å². The molecule has 2 amide bonds. The minimum absolute atomic E-state index is 0.278. The van der Waals surface area contributed by atoms with Crippen LogP contribution in [0.5, 0.6) is 5.75 Å². The largest absolute Gasteiger partial charge is 0.497 e. The summed E-state index contributed by atoms with van der Waals surface area (Å²) in [5.74, 6) is 0.439. The molecule has 9 heteroatoms. The summed E-state index contributed by atoms with van der Waals surface area (Å²) < 4.78 is 10.7. The fourth-order valence-corrected chi connectivity index (χ4v) is 4.84. The van der Waals surface area contributed by atoms with Crippen molar-refractivity contribution in [3.8, 4) is 5.75 Å². The number of anilines is 1. The van der Waals surface area contributed by atoms with Crippen molar-refractivity contribution in [2.24, 2.45) is 0 Å². The second kappa shape index (κ2) is 10.1. The molecule has 2 aromatic rings. The zero-order chi connectivity index (χ0) is 22.5. The molecule has 0 saturated carbocycles. The number of rotatable bonds is 7. The molecular weight excluding hydrogens is 428 g/mol. The molecule has 2 aliphatic rings. The number of esters is 1. The zero-order valence-electron chi connectivity index (χ0n) is 18.3. The van der Waals surface area contributed by atoms with Gasteiger partial charge in [-0.25, -0.2) is 9.59 Å². The van der Waals surface area contributed by atoms with Gasteiger partial charge in [0.2, 0.25) is 0 Å². The highest BCUT2D eigenvalue weighted by atomic mass is 32.1. The summed E-state index contributed by atoms with van der Waals surface area (Å²) in [6.45, 7) is 5.85. The van der Waals surface area contributed by atoms with E-state index in [1.165, 1.54) is 11.3 Å². The summed E-state index contributed by atoms with van der Waals surface area (Å²) in [6.07, 6.45) is 0. The second-order valence-electron chi connectivity index (χ2n) is 7.62. The summed E-state index contributed by atoms with van der Waals surface area (Å²) in [5.41, 5.74) is 2.22. The van der Waals surface area contributed by atoms with Gasteiger partial charge in [-0.3, -0.25) is 4.90 Å². The monoisotopic (exact) mass is 456 g/mol. The van der Waals surface area contributed by atoms with Crippen LogP contribution in [0.2, 0.25) is 0 Å². The van der Waals surface area contributed by atoms with E-state index in [1.54, 1.807) is 14.0 Å². The topological polar surface area (TPSA) is 83.1 Å². The van der Waals surface area contributed by atoms with Gasteiger partial charge in [-0.1, -0.05) is 12.1 Å². The van der Waals surface area contributed by atoms with Crippen LogP contribution in [0.1, 0.15) is 17.8 Å². The van der Waals surface area contributed by atoms with Gasteiger partial charge in [-0.2, -0.15) is 0 Å². The maximum absolute atomic E-state index is 12.9. The van der Waals surface area contributed by atoms with Crippen LogP contribution >= 0.6 is 11.3 Å². The Hall–Kier alpha value is -3.04. The molecule has 0 aliphatic carbocycles. The Morgan fingerprint density at radius 2 is 2.00 bits per heavy atom. The lowest BCUT2D eigenvalue weighted by Gasteiger charge is -2.38. The van der Waals surface area contributed by atoms with Gasteiger partial charge in [0.05, 0.1) is 25.3 Å². The number of benzene rings is 1. The number of nitrogens with zero attached hydrogens (tertiary/aromatic N) is 2. The van der Waals surface area contributed by atoms with Crippen molar-refractivity contribution < 1.29 is 19.1 Å². The van der Waals surface area contributed by atoms with Crippen molar-refractivity contribution in [1.82, 2.24) is 15.5 Å². The molecule has 4 rings (SSSR count). The third kappa shape index (κ3) is 4.89. The molecule has 0 unspecified atom stereocenters. The Balaban J connectivity index is 1.51. The fourth-order valence-electron chi connectivity index (χ4n) is 4.06. The number of urea groups is 1. The van der Waals surface area contributed by atoms with E-state index in [1.807, 2.05) is 35.7 Å². The van der Waals surface area contributed by atoms with Crippen molar-refractivity contribution in [2.45, 2.75) is 13.0 Å². The highest BCUT2D eigenvalue weighted by Crippen LogP contribution is 2.31. The van der Waals surface area contributed by atoms with Gasteiger partial charge in [-0.05, 0) is 30.5 Å². The van der Waals surface area contributed by atoms with Crippen LogP contribution in [0.4, 0.5) is 10.5 Å². The lowest BCUT2D eigenvalue weighted by molar-refractivity contribution is -0.139. The van der Waals surface area contributed by atoms with Crippen LogP contribution in [0, 0.1) is 0 Å². The van der Waals surface area contributed by atoms with E-state index in [4.69, 9.17) is 9.47 Å². The molecule has 1 fully saturated rings. The Labute approximate surface area is 191 Å². The smallest absolute Gasteiger partial charge is 0.338 e. The Morgan fingerprint density at radius 1 is 1.19 bits per heavy atom. The molecule has 1 aromatic heterocycles. The lowest BCUT2D eigenvalue weighted by Crippen LogP contribution is -2.51. The van der Waals surface area contributed by atoms with Crippen LogP contribution < -0.4 is 20.3 Å². The van der Waals surface area contributed by atoms with E-state index in [-0.39, 0.29) is 12.6 Å². The lowest BCUT2D eigenvalue weighted by atomic mass is 10.0. The van der Waals surface area contributed by atoms with Gasteiger partial charge in [0, 0.05) is 55.1 Å². The number of piperazine rings is 1. The molecule has 0 radical (unpaired) electrons. The minimum atomic E-state index is -0.504. The van der Waals surface area contributed by atoms with Crippen molar-refractivity contribution in [3.63, 3.8) is 0 Å². The highest BCUT2D eigenvalue weighted by Gasteiger charge is 2.35. The molecule has 170 valence electrons. The number of carbonyl (C=O) groups excluding carboxylic acids is 2. The number of thiophene rings is 1. The van der Waals surface area contributed by atoms with Gasteiger partial charge >= 0.3 is 12.0 Å². The standard InChI is InChI=1S/C23H28N4O4S/c1-3-31-22(28)20-18(24-23(29)25-21(20)19-8-5-13-32-19)15-26-9-11-27(12-10-26)16-6-4-7-17(14-16)30-2/h4-8,13-14,21H,3,9-12,15H2,1-2H3,(H2,24,25,29)/t21-/m0/s1. The van der Waals surface area contributed by atoms with E-state index in [0.29, 0.717) is 17.8 Å². The number of hydrogen-bond donors (Lipinski definition) is 2. The summed E-state index contributed by atoms with van der Waals surface area (Å²) in [5, 5.41) is 7.68. The predicted molar refractivity (Wildman–Crippen MR) is 124 cm³/mol. The van der Waals surface area contributed by atoms with Crippen LogP contribution in [0.15, 0.2) is 53.0 Å². The van der Waals surface area contributed by atoms with Crippen molar-refractivity contribution in [2.75, 3.05) is 51.3 Å². The maximum Gasteiger partial charge on any atom is 0.338 e. The van der Waals surface area contributed by atoms with Gasteiger partial charge in [-0.15, -0.1) is 11.3 Å². The molecule has 32 heavy (non-hydrogen) atoms. The molecule has 1 saturated heterocycles. The molecular formula is C23H28N4O4S. The van der Waals surface area contributed by atoms with Crippen molar-refractivity contribution in [3.05, 3.63) is 57.9 Å². The summed E-state index contributed by atoms with van der Waals surface area (Å²) in [7, 11) is 1.67. The van der Waals surface area contributed by atoms with Crippen molar-refractivity contribution in [1.29, 1.82) is 0 Å². The van der Waals surface area contributed by atoms with Crippen LogP contribution in [-0.4, -0.2) is 63.3 Å². The number of hydrogen-bond acceptors (Lipinski definition) is 7. The van der Waals surface area contributed by atoms with E-state index < -0.39 is 12.0 Å². The Kier molecular flexibility index (Phi) is 6.96. The zero-order valence-corrected chi connectivity index (χ0v) is 19.1. The van der Waals surface area contributed by atoms with E-state index in [0.717, 1.165) is 42.5 Å². The van der Waals surface area contributed by atoms with Crippen LogP contribution in [0.25, 0.3) is 0 Å². The van der Waals surface area contributed by atoms with E-state index >= 15 is 0 Å². The first-order valence-electron chi connectivity index (χ1n) is 10.7. The highest BCUT2D eigenvalue weighted by molar-refractivity contribution is 7.10. The Bertz CT molecular complexity index is 984. The number of methoxy groups -OCH3 is 1. The number of carbonyl (C=O) groups is 2. The number of ether oxygens (including phenoxy) is 2. The molecule has 3 heterocycles. The fraction of sp³-hybridized carbons (Fsp3) is 0.391.